The van der Waals surface area contributed by atoms with Gasteiger partial charge < -0.3 is 10.1 Å². The molecule has 2 rings (SSSR count). The Morgan fingerprint density at radius 1 is 1.25 bits per heavy atom. The minimum Gasteiger partial charge on any atom is -0.372 e. The lowest BCUT2D eigenvalue weighted by Crippen LogP contribution is -2.31. The first-order chi connectivity index (χ1) is 9.61. The Bertz CT molecular complexity index is 470. The van der Waals surface area contributed by atoms with E-state index in [1.165, 1.54) is 12.8 Å². The quantitative estimate of drug-likeness (QED) is 0.806. The Labute approximate surface area is 129 Å². The van der Waals surface area contributed by atoms with Crippen LogP contribution in [0, 0.1) is 0 Å². The number of hydrogen-bond acceptors (Lipinski definition) is 4. The van der Waals surface area contributed by atoms with Crippen LogP contribution >= 0.6 is 15.9 Å². The smallest absolute Gasteiger partial charge is 0.162 e. The fourth-order valence-corrected chi connectivity index (χ4v) is 3.27. The highest BCUT2D eigenvalue weighted by atomic mass is 79.9. The Kier molecular flexibility index (Phi) is 5.02. The molecule has 1 aromatic heterocycles. The summed E-state index contributed by atoms with van der Waals surface area (Å²) in [6, 6.07) is 0. The summed E-state index contributed by atoms with van der Waals surface area (Å²) < 4.78 is 7.04. The average molecular weight is 342 g/mol. The van der Waals surface area contributed by atoms with Gasteiger partial charge in [-0.25, -0.2) is 9.97 Å². The monoisotopic (exact) mass is 341 g/mol. The zero-order valence-corrected chi connectivity index (χ0v) is 14.4. The first-order valence-electron chi connectivity index (χ1n) is 7.51. The molecule has 0 spiro atoms. The molecule has 112 valence electrons. The SMILES string of the molecule is CCOC(CC)(CC)c1nc(NC)c(Br)c(C2CC2)n1. The fourth-order valence-electron chi connectivity index (χ4n) is 2.57. The maximum absolute atomic E-state index is 6.04. The highest BCUT2D eigenvalue weighted by Gasteiger charge is 2.36. The summed E-state index contributed by atoms with van der Waals surface area (Å²) in [5.41, 5.74) is 0.760. The van der Waals surface area contributed by atoms with Crippen LogP contribution in [0.2, 0.25) is 0 Å². The second-order valence-corrected chi connectivity index (χ2v) is 6.05. The van der Waals surface area contributed by atoms with Crippen molar-refractivity contribution in [2.45, 2.75) is 58.0 Å². The van der Waals surface area contributed by atoms with Crippen LogP contribution in [0.4, 0.5) is 5.82 Å². The summed E-state index contributed by atoms with van der Waals surface area (Å²) >= 11 is 3.64. The van der Waals surface area contributed by atoms with Gasteiger partial charge in [0.25, 0.3) is 0 Å². The van der Waals surface area contributed by atoms with Gasteiger partial charge in [-0.3, -0.25) is 0 Å². The normalized spacial score (nSPS) is 15.4. The summed E-state index contributed by atoms with van der Waals surface area (Å²) in [6.07, 6.45) is 4.20. The molecule has 0 aromatic carbocycles. The van der Waals surface area contributed by atoms with E-state index in [0.717, 1.165) is 34.7 Å². The summed E-state index contributed by atoms with van der Waals surface area (Å²) in [6.45, 7) is 6.98. The molecule has 0 amide bonds. The molecule has 0 atom stereocenters. The van der Waals surface area contributed by atoms with Crippen LogP contribution in [0.3, 0.4) is 0 Å². The third kappa shape index (κ3) is 2.84. The van der Waals surface area contributed by atoms with Crippen LogP contribution in [0.15, 0.2) is 4.47 Å². The van der Waals surface area contributed by atoms with Gasteiger partial charge in [0.15, 0.2) is 5.82 Å². The molecule has 0 unspecified atom stereocenters. The summed E-state index contributed by atoms with van der Waals surface area (Å²) in [5, 5.41) is 3.17. The van der Waals surface area contributed by atoms with E-state index in [4.69, 9.17) is 14.7 Å². The lowest BCUT2D eigenvalue weighted by molar-refractivity contribution is -0.0572. The molecular formula is C15H24BrN3O. The van der Waals surface area contributed by atoms with Crippen LogP contribution < -0.4 is 5.32 Å². The number of anilines is 1. The molecule has 0 saturated heterocycles. The Hall–Kier alpha value is -0.680. The minimum atomic E-state index is -0.370. The van der Waals surface area contributed by atoms with Crippen LogP contribution in [0.25, 0.3) is 0 Å². The van der Waals surface area contributed by atoms with Crippen molar-refractivity contribution in [2.75, 3.05) is 19.0 Å². The molecule has 4 nitrogen and oxygen atoms in total. The van der Waals surface area contributed by atoms with E-state index < -0.39 is 0 Å². The van der Waals surface area contributed by atoms with Crippen molar-refractivity contribution in [2.24, 2.45) is 0 Å². The van der Waals surface area contributed by atoms with Gasteiger partial charge >= 0.3 is 0 Å². The van der Waals surface area contributed by atoms with Crippen molar-refractivity contribution in [1.29, 1.82) is 0 Å². The molecule has 1 heterocycles. The second kappa shape index (κ2) is 6.39. The van der Waals surface area contributed by atoms with E-state index in [9.17, 15) is 0 Å². The van der Waals surface area contributed by atoms with E-state index in [-0.39, 0.29) is 5.60 Å². The third-order valence-electron chi connectivity index (χ3n) is 4.05. The number of hydrogen-bond donors (Lipinski definition) is 1. The Morgan fingerprint density at radius 3 is 2.35 bits per heavy atom. The first kappa shape index (κ1) is 15.7. The summed E-state index contributed by atoms with van der Waals surface area (Å²) in [5.74, 6) is 2.26. The number of ether oxygens (including phenoxy) is 1. The van der Waals surface area contributed by atoms with Crippen molar-refractivity contribution in [3.63, 3.8) is 0 Å². The van der Waals surface area contributed by atoms with Gasteiger partial charge in [0.2, 0.25) is 0 Å². The molecule has 1 fully saturated rings. The lowest BCUT2D eigenvalue weighted by Gasteiger charge is -2.30. The van der Waals surface area contributed by atoms with Crippen molar-refractivity contribution in [1.82, 2.24) is 9.97 Å². The van der Waals surface area contributed by atoms with Crippen LogP contribution in [0.5, 0.6) is 0 Å². The molecule has 0 bridgehead atoms. The standard InChI is InChI=1S/C15H24BrN3O/c1-5-15(6-2,20-7-3)14-18-12(10-8-9-10)11(16)13(17-4)19-14/h10H,5-9H2,1-4H3,(H,17,18,19). The summed E-state index contributed by atoms with van der Waals surface area (Å²) in [4.78, 5) is 9.55. The molecule has 1 aliphatic carbocycles. The van der Waals surface area contributed by atoms with Gasteiger partial charge in [0, 0.05) is 19.6 Å². The highest BCUT2D eigenvalue weighted by molar-refractivity contribution is 9.10. The molecular weight excluding hydrogens is 318 g/mol. The maximum atomic E-state index is 6.04. The molecule has 1 aliphatic rings. The number of rotatable bonds is 7. The number of halogens is 1. The highest BCUT2D eigenvalue weighted by Crippen LogP contribution is 2.45. The van der Waals surface area contributed by atoms with E-state index in [0.29, 0.717) is 12.5 Å². The predicted molar refractivity (Wildman–Crippen MR) is 85.1 cm³/mol. The third-order valence-corrected chi connectivity index (χ3v) is 4.83. The molecule has 1 saturated carbocycles. The average Bonchev–Trinajstić information content (AvgIpc) is 3.30. The van der Waals surface area contributed by atoms with Crippen molar-refractivity contribution >= 4 is 21.7 Å². The first-order valence-corrected chi connectivity index (χ1v) is 8.30. The summed E-state index contributed by atoms with van der Waals surface area (Å²) in [7, 11) is 1.90. The lowest BCUT2D eigenvalue weighted by atomic mass is 9.95. The van der Waals surface area contributed by atoms with Crippen molar-refractivity contribution < 1.29 is 4.74 Å². The zero-order valence-electron chi connectivity index (χ0n) is 12.8. The van der Waals surface area contributed by atoms with Gasteiger partial charge in [0.1, 0.15) is 11.4 Å². The van der Waals surface area contributed by atoms with Gasteiger partial charge in [-0.2, -0.15) is 0 Å². The Balaban J connectivity index is 2.51. The Morgan fingerprint density at radius 2 is 1.90 bits per heavy atom. The predicted octanol–water partition coefficient (Wildman–Crippen LogP) is 4.21. The molecule has 5 heteroatoms. The molecule has 1 N–H and O–H groups in total. The number of nitrogens with zero attached hydrogens (tertiary/aromatic N) is 2. The zero-order chi connectivity index (χ0) is 14.8. The van der Waals surface area contributed by atoms with Crippen molar-refractivity contribution in [3.05, 3.63) is 16.0 Å². The molecule has 0 radical (unpaired) electrons. The van der Waals surface area contributed by atoms with Gasteiger partial charge in [-0.1, -0.05) is 13.8 Å². The molecule has 20 heavy (non-hydrogen) atoms. The van der Waals surface area contributed by atoms with E-state index in [2.05, 4.69) is 35.1 Å². The van der Waals surface area contributed by atoms with E-state index in [1.807, 2.05) is 14.0 Å². The second-order valence-electron chi connectivity index (χ2n) is 5.25. The minimum absolute atomic E-state index is 0.370. The largest absolute Gasteiger partial charge is 0.372 e. The van der Waals surface area contributed by atoms with E-state index in [1.54, 1.807) is 0 Å². The van der Waals surface area contributed by atoms with E-state index >= 15 is 0 Å². The van der Waals surface area contributed by atoms with Gasteiger partial charge in [0.05, 0.1) is 10.2 Å². The number of aromatic nitrogens is 2. The van der Waals surface area contributed by atoms with Crippen molar-refractivity contribution in [3.8, 4) is 0 Å². The maximum Gasteiger partial charge on any atom is 0.162 e. The van der Waals surface area contributed by atoms with Crippen LogP contribution in [0.1, 0.15) is 63.9 Å². The fraction of sp³-hybridized carbons (Fsp3) is 0.733. The van der Waals surface area contributed by atoms with Crippen LogP contribution in [-0.4, -0.2) is 23.6 Å². The topological polar surface area (TPSA) is 47.0 Å². The van der Waals surface area contributed by atoms with Gasteiger partial charge in [-0.05, 0) is 48.5 Å². The van der Waals surface area contributed by atoms with Crippen LogP contribution in [-0.2, 0) is 10.3 Å². The molecule has 1 aromatic rings. The molecule has 0 aliphatic heterocycles. The van der Waals surface area contributed by atoms with Gasteiger partial charge in [-0.15, -0.1) is 0 Å². The number of nitrogens with one attached hydrogen (secondary N) is 1.